The van der Waals surface area contributed by atoms with Gasteiger partial charge in [-0.05, 0) is 67.1 Å². The number of amides is 3. The van der Waals surface area contributed by atoms with Crippen molar-refractivity contribution in [1.29, 1.82) is 0 Å². The molecule has 1 atom stereocenters. The zero-order valence-electron chi connectivity index (χ0n) is 20.5. The Morgan fingerprint density at radius 3 is 2.61 bits per heavy atom. The predicted molar refractivity (Wildman–Crippen MR) is 143 cm³/mol. The standard InChI is InChI=1S/C29H32N4O3/c1-20-7-2-5-11-26(20)32-29(35)31-23-12-13-27(33-15-14-21-8-3-4-9-22(21)19-33)25(17-23)28(34)30-18-24-10-6-16-36-24/h2-5,7-9,11-13,17,24H,6,10,14-16,18-19H2,1H3,(H,30,34)(H2,31,32,35). The van der Waals surface area contributed by atoms with Crippen LogP contribution in [-0.4, -0.2) is 37.7 Å². The Morgan fingerprint density at radius 2 is 1.81 bits per heavy atom. The van der Waals surface area contributed by atoms with Crippen molar-refractivity contribution < 1.29 is 14.3 Å². The van der Waals surface area contributed by atoms with Crippen molar-refractivity contribution in [3.63, 3.8) is 0 Å². The molecule has 3 N–H and O–H groups in total. The molecule has 5 rings (SSSR count). The van der Waals surface area contributed by atoms with Crippen LogP contribution in [-0.2, 0) is 17.7 Å². The zero-order valence-corrected chi connectivity index (χ0v) is 20.5. The molecule has 2 aliphatic rings. The third-order valence-corrected chi connectivity index (χ3v) is 6.88. The molecule has 186 valence electrons. The highest BCUT2D eigenvalue weighted by atomic mass is 16.5. The predicted octanol–water partition coefficient (Wildman–Crippen LogP) is 5.11. The van der Waals surface area contributed by atoms with E-state index in [0.717, 1.165) is 55.9 Å². The molecule has 3 amide bonds. The number of anilines is 3. The van der Waals surface area contributed by atoms with Gasteiger partial charge in [-0.15, -0.1) is 0 Å². The van der Waals surface area contributed by atoms with Gasteiger partial charge in [-0.25, -0.2) is 4.79 Å². The maximum absolute atomic E-state index is 13.4. The largest absolute Gasteiger partial charge is 0.376 e. The first-order valence-corrected chi connectivity index (χ1v) is 12.6. The second-order valence-corrected chi connectivity index (χ2v) is 9.41. The summed E-state index contributed by atoms with van der Waals surface area (Å²) in [6, 6.07) is 21.2. The van der Waals surface area contributed by atoms with E-state index in [0.29, 0.717) is 17.8 Å². The van der Waals surface area contributed by atoms with Crippen molar-refractivity contribution >= 4 is 29.0 Å². The maximum Gasteiger partial charge on any atom is 0.323 e. The summed E-state index contributed by atoms with van der Waals surface area (Å²) in [5.41, 5.74) is 6.30. The van der Waals surface area contributed by atoms with Gasteiger partial charge in [0.05, 0.1) is 11.7 Å². The number of nitrogens with one attached hydrogen (secondary N) is 3. The lowest BCUT2D eigenvalue weighted by Gasteiger charge is -2.32. The van der Waals surface area contributed by atoms with Crippen LogP contribution in [0.3, 0.4) is 0 Å². The van der Waals surface area contributed by atoms with Crippen molar-refractivity contribution in [1.82, 2.24) is 5.32 Å². The Hall–Kier alpha value is -3.84. The topological polar surface area (TPSA) is 82.7 Å². The number of benzene rings is 3. The Balaban J connectivity index is 1.36. The first-order chi connectivity index (χ1) is 17.6. The van der Waals surface area contributed by atoms with Gasteiger partial charge < -0.3 is 25.6 Å². The van der Waals surface area contributed by atoms with E-state index in [9.17, 15) is 9.59 Å². The Bertz CT molecular complexity index is 1250. The first kappa shape index (κ1) is 23.9. The number of hydrogen-bond acceptors (Lipinski definition) is 4. The van der Waals surface area contributed by atoms with Crippen molar-refractivity contribution in [3.8, 4) is 0 Å². The Morgan fingerprint density at radius 1 is 1.00 bits per heavy atom. The minimum absolute atomic E-state index is 0.0560. The van der Waals surface area contributed by atoms with Crippen LogP contribution < -0.4 is 20.9 Å². The van der Waals surface area contributed by atoms with E-state index in [1.165, 1.54) is 11.1 Å². The molecule has 2 heterocycles. The lowest BCUT2D eigenvalue weighted by Crippen LogP contribution is -2.35. The molecule has 0 aromatic heterocycles. The third kappa shape index (κ3) is 5.52. The average Bonchev–Trinajstić information content (AvgIpc) is 3.42. The average molecular weight is 485 g/mol. The molecule has 3 aromatic carbocycles. The van der Waals surface area contributed by atoms with Crippen LogP contribution in [0.1, 0.15) is 39.9 Å². The van der Waals surface area contributed by atoms with Gasteiger partial charge in [0.25, 0.3) is 5.91 Å². The monoisotopic (exact) mass is 484 g/mol. The molecule has 0 bridgehead atoms. The quantitative estimate of drug-likeness (QED) is 0.454. The highest BCUT2D eigenvalue weighted by Crippen LogP contribution is 2.30. The second kappa shape index (κ2) is 10.8. The fourth-order valence-electron chi connectivity index (χ4n) is 4.88. The molecule has 0 radical (unpaired) electrons. The van der Waals surface area contributed by atoms with Crippen LogP contribution in [0.5, 0.6) is 0 Å². The number of carbonyl (C=O) groups excluding carboxylic acids is 2. The van der Waals surface area contributed by atoms with Gasteiger partial charge in [-0.3, -0.25) is 4.79 Å². The van der Waals surface area contributed by atoms with Gasteiger partial charge in [0, 0.05) is 43.3 Å². The van der Waals surface area contributed by atoms with Gasteiger partial charge in [0.15, 0.2) is 0 Å². The molecule has 2 aliphatic heterocycles. The van der Waals surface area contributed by atoms with E-state index in [2.05, 4.69) is 45.1 Å². The van der Waals surface area contributed by atoms with Crippen LogP contribution in [0.4, 0.5) is 21.9 Å². The lowest BCUT2D eigenvalue weighted by molar-refractivity contribution is 0.0858. The van der Waals surface area contributed by atoms with E-state index in [-0.39, 0.29) is 18.0 Å². The van der Waals surface area contributed by atoms with Crippen molar-refractivity contribution in [2.45, 2.75) is 38.8 Å². The molecule has 0 spiro atoms. The van der Waals surface area contributed by atoms with Gasteiger partial charge in [-0.2, -0.15) is 0 Å². The summed E-state index contributed by atoms with van der Waals surface area (Å²) >= 11 is 0. The van der Waals surface area contributed by atoms with Gasteiger partial charge >= 0.3 is 6.03 Å². The minimum atomic E-state index is -0.352. The molecule has 1 saturated heterocycles. The zero-order chi connectivity index (χ0) is 24.9. The van der Waals surface area contributed by atoms with E-state index in [1.807, 2.05) is 43.3 Å². The maximum atomic E-state index is 13.4. The summed E-state index contributed by atoms with van der Waals surface area (Å²) in [6.45, 7) is 4.73. The molecule has 36 heavy (non-hydrogen) atoms. The number of carbonyl (C=O) groups is 2. The summed E-state index contributed by atoms with van der Waals surface area (Å²) in [6.07, 6.45) is 2.96. The van der Waals surface area contributed by atoms with Crippen molar-refractivity contribution in [2.24, 2.45) is 0 Å². The van der Waals surface area contributed by atoms with Gasteiger partial charge in [0.1, 0.15) is 0 Å². The van der Waals surface area contributed by atoms with Crippen LogP contribution in [0, 0.1) is 6.92 Å². The highest BCUT2D eigenvalue weighted by Gasteiger charge is 2.23. The van der Waals surface area contributed by atoms with E-state index >= 15 is 0 Å². The number of rotatable bonds is 6. The molecule has 1 unspecified atom stereocenters. The third-order valence-electron chi connectivity index (χ3n) is 6.88. The lowest BCUT2D eigenvalue weighted by atomic mass is 9.98. The second-order valence-electron chi connectivity index (χ2n) is 9.41. The van der Waals surface area contributed by atoms with E-state index in [4.69, 9.17) is 4.74 Å². The number of hydrogen-bond donors (Lipinski definition) is 3. The summed E-state index contributed by atoms with van der Waals surface area (Å²) in [5.74, 6) is -0.165. The molecule has 0 saturated carbocycles. The number of ether oxygens (including phenoxy) is 1. The Labute approximate surface area is 211 Å². The fourth-order valence-corrected chi connectivity index (χ4v) is 4.88. The molecule has 7 heteroatoms. The summed E-state index contributed by atoms with van der Waals surface area (Å²) in [4.78, 5) is 28.3. The van der Waals surface area contributed by atoms with Crippen molar-refractivity contribution in [2.75, 3.05) is 35.2 Å². The highest BCUT2D eigenvalue weighted by molar-refractivity contribution is 6.04. The molecular weight excluding hydrogens is 452 g/mol. The Kier molecular flexibility index (Phi) is 7.18. The smallest absolute Gasteiger partial charge is 0.323 e. The minimum Gasteiger partial charge on any atom is -0.376 e. The normalized spacial score (nSPS) is 16.8. The molecule has 7 nitrogen and oxygen atoms in total. The van der Waals surface area contributed by atoms with Crippen LogP contribution in [0.25, 0.3) is 0 Å². The van der Waals surface area contributed by atoms with Gasteiger partial charge in [-0.1, -0.05) is 42.5 Å². The van der Waals surface area contributed by atoms with E-state index in [1.54, 1.807) is 6.07 Å². The number of aryl methyl sites for hydroxylation is 1. The number of fused-ring (bicyclic) bond motifs is 1. The number of urea groups is 1. The first-order valence-electron chi connectivity index (χ1n) is 12.6. The number of para-hydroxylation sites is 1. The van der Waals surface area contributed by atoms with Crippen molar-refractivity contribution in [3.05, 3.63) is 89.0 Å². The van der Waals surface area contributed by atoms with E-state index < -0.39 is 0 Å². The fraction of sp³-hybridized carbons (Fsp3) is 0.310. The molecule has 3 aromatic rings. The number of nitrogens with zero attached hydrogens (tertiary/aromatic N) is 1. The SMILES string of the molecule is Cc1ccccc1NC(=O)Nc1ccc(N2CCc3ccccc3C2)c(C(=O)NCC2CCCO2)c1. The summed E-state index contributed by atoms with van der Waals surface area (Å²) < 4.78 is 5.68. The van der Waals surface area contributed by atoms with Crippen LogP contribution in [0.15, 0.2) is 66.7 Å². The molecular formula is C29H32N4O3. The molecule has 1 fully saturated rings. The van der Waals surface area contributed by atoms with Crippen LogP contribution >= 0.6 is 0 Å². The van der Waals surface area contributed by atoms with Crippen LogP contribution in [0.2, 0.25) is 0 Å². The summed E-state index contributed by atoms with van der Waals surface area (Å²) in [7, 11) is 0. The molecule has 0 aliphatic carbocycles. The van der Waals surface area contributed by atoms with Gasteiger partial charge in [0.2, 0.25) is 0 Å². The summed E-state index contributed by atoms with van der Waals surface area (Å²) in [5, 5.41) is 8.81.